The first-order chi connectivity index (χ1) is 14.4. The monoisotopic (exact) mass is 425 g/mol. The summed E-state index contributed by atoms with van der Waals surface area (Å²) < 4.78 is 28.9. The lowest BCUT2D eigenvalue weighted by molar-refractivity contribution is 0.0955. The first-order valence-electron chi connectivity index (χ1n) is 9.15. The van der Waals surface area contributed by atoms with E-state index in [1.165, 1.54) is 6.07 Å². The van der Waals surface area contributed by atoms with Crippen LogP contribution in [0.2, 0.25) is 0 Å². The molecule has 0 unspecified atom stereocenters. The van der Waals surface area contributed by atoms with Crippen molar-refractivity contribution >= 4 is 27.5 Å². The van der Waals surface area contributed by atoms with E-state index < -0.39 is 11.6 Å². The van der Waals surface area contributed by atoms with Crippen molar-refractivity contribution in [1.82, 2.24) is 14.9 Å². The number of aromatic nitrogens is 2. The summed E-state index contributed by atoms with van der Waals surface area (Å²) >= 11 is 1.12. The Hall–Kier alpha value is -3.39. The average Bonchev–Trinajstić information content (AvgIpc) is 3.20. The second-order valence-electron chi connectivity index (χ2n) is 6.88. The normalized spacial score (nSPS) is 11.0. The van der Waals surface area contributed by atoms with E-state index in [2.05, 4.69) is 10.3 Å². The molecule has 30 heavy (non-hydrogen) atoms. The Morgan fingerprint density at radius 3 is 2.60 bits per heavy atom. The molecule has 5 nitrogen and oxygen atoms in total. The van der Waals surface area contributed by atoms with Gasteiger partial charge in [0.15, 0.2) is 11.6 Å². The van der Waals surface area contributed by atoms with E-state index in [-0.39, 0.29) is 17.8 Å². The number of aryl methyl sites for hydroxylation is 1. The van der Waals surface area contributed by atoms with Crippen molar-refractivity contribution in [2.75, 3.05) is 0 Å². The predicted octanol–water partition coefficient (Wildman–Crippen LogP) is 3.79. The lowest BCUT2D eigenvalue weighted by Gasteiger charge is -2.06. The number of hydrogen-bond donors (Lipinski definition) is 1. The van der Waals surface area contributed by atoms with Crippen molar-refractivity contribution in [2.24, 2.45) is 7.05 Å². The predicted molar refractivity (Wildman–Crippen MR) is 112 cm³/mol. The minimum atomic E-state index is -0.949. The SMILES string of the molecule is Cn1cc(Cc2ccc(F)c(F)c2)c(=O)c2sc(C(=O)NCc3ccncc3)cc21. The summed E-state index contributed by atoms with van der Waals surface area (Å²) in [7, 11) is 1.78. The third-order valence-electron chi connectivity index (χ3n) is 4.74. The van der Waals surface area contributed by atoms with Crippen molar-refractivity contribution in [3.05, 3.63) is 98.4 Å². The standard InChI is InChI=1S/C22H17F2N3O2S/c1-27-12-15(8-14-2-3-16(23)17(24)9-14)20(28)21-18(27)10-19(30-21)22(29)26-11-13-4-6-25-7-5-13/h2-7,9-10,12H,8,11H2,1H3,(H,26,29). The second kappa shape index (κ2) is 8.16. The van der Waals surface area contributed by atoms with Crippen LogP contribution >= 0.6 is 11.3 Å². The minimum Gasteiger partial charge on any atom is -0.349 e. The Balaban J connectivity index is 1.61. The number of thiophene rings is 1. The highest BCUT2D eigenvalue weighted by molar-refractivity contribution is 7.20. The van der Waals surface area contributed by atoms with Crippen LogP contribution in [0.25, 0.3) is 10.2 Å². The minimum absolute atomic E-state index is 0.168. The molecule has 3 aromatic heterocycles. The maximum absolute atomic E-state index is 13.5. The molecule has 0 saturated carbocycles. The summed E-state index contributed by atoms with van der Waals surface area (Å²) in [6, 6.07) is 8.89. The highest BCUT2D eigenvalue weighted by Gasteiger charge is 2.16. The van der Waals surface area contributed by atoms with E-state index in [4.69, 9.17) is 0 Å². The summed E-state index contributed by atoms with van der Waals surface area (Å²) in [6.45, 7) is 0.355. The summed E-state index contributed by atoms with van der Waals surface area (Å²) in [5.41, 5.74) is 2.29. The van der Waals surface area contributed by atoms with Gasteiger partial charge >= 0.3 is 0 Å². The van der Waals surface area contributed by atoms with Gasteiger partial charge in [0.1, 0.15) is 0 Å². The molecular weight excluding hydrogens is 408 g/mol. The zero-order chi connectivity index (χ0) is 21.3. The van der Waals surface area contributed by atoms with Gasteiger partial charge in [-0.1, -0.05) is 6.07 Å². The molecule has 0 aliphatic carbocycles. The Morgan fingerprint density at radius 2 is 1.87 bits per heavy atom. The van der Waals surface area contributed by atoms with Crippen LogP contribution in [0.1, 0.15) is 26.4 Å². The third-order valence-corrected chi connectivity index (χ3v) is 5.87. The van der Waals surface area contributed by atoms with Crippen LogP contribution in [-0.4, -0.2) is 15.5 Å². The first kappa shape index (κ1) is 19.9. The molecule has 4 rings (SSSR count). The van der Waals surface area contributed by atoms with Crippen molar-refractivity contribution in [3.63, 3.8) is 0 Å². The van der Waals surface area contributed by atoms with E-state index >= 15 is 0 Å². The zero-order valence-corrected chi connectivity index (χ0v) is 16.8. The van der Waals surface area contributed by atoms with Gasteiger partial charge in [-0.2, -0.15) is 0 Å². The number of carbonyl (C=O) groups is 1. The quantitative estimate of drug-likeness (QED) is 0.529. The van der Waals surface area contributed by atoms with Gasteiger partial charge in [-0.3, -0.25) is 14.6 Å². The van der Waals surface area contributed by atoms with Gasteiger partial charge in [-0.25, -0.2) is 8.78 Å². The fourth-order valence-electron chi connectivity index (χ4n) is 3.19. The second-order valence-corrected chi connectivity index (χ2v) is 7.93. The molecule has 4 aromatic rings. The Morgan fingerprint density at radius 1 is 1.10 bits per heavy atom. The van der Waals surface area contributed by atoms with Gasteiger partial charge in [0.05, 0.1) is 15.1 Å². The summed E-state index contributed by atoms with van der Waals surface area (Å²) in [6.07, 6.45) is 5.14. The molecule has 0 saturated heterocycles. The number of rotatable bonds is 5. The van der Waals surface area contributed by atoms with Crippen LogP contribution in [0, 0.1) is 11.6 Å². The largest absolute Gasteiger partial charge is 0.349 e. The number of hydrogen-bond acceptors (Lipinski definition) is 4. The number of nitrogens with one attached hydrogen (secondary N) is 1. The Bertz CT molecular complexity index is 1300. The third kappa shape index (κ3) is 3.99. The number of amides is 1. The van der Waals surface area contributed by atoms with E-state index in [9.17, 15) is 18.4 Å². The fourth-order valence-corrected chi connectivity index (χ4v) is 4.28. The van der Waals surface area contributed by atoms with Crippen molar-refractivity contribution in [3.8, 4) is 0 Å². The maximum Gasteiger partial charge on any atom is 0.261 e. The van der Waals surface area contributed by atoms with Crippen LogP contribution in [-0.2, 0) is 20.0 Å². The van der Waals surface area contributed by atoms with Gasteiger partial charge in [0.2, 0.25) is 5.43 Å². The van der Waals surface area contributed by atoms with Crippen LogP contribution in [0.5, 0.6) is 0 Å². The summed E-state index contributed by atoms with van der Waals surface area (Å²) in [5, 5.41) is 2.84. The van der Waals surface area contributed by atoms with Crippen molar-refractivity contribution in [1.29, 1.82) is 0 Å². The van der Waals surface area contributed by atoms with Crippen molar-refractivity contribution < 1.29 is 13.6 Å². The molecule has 0 spiro atoms. The molecule has 3 heterocycles. The van der Waals surface area contributed by atoms with Crippen LogP contribution in [0.4, 0.5) is 8.78 Å². The number of halogens is 2. The molecule has 0 radical (unpaired) electrons. The van der Waals surface area contributed by atoms with E-state index in [1.807, 2.05) is 12.1 Å². The Labute approximate surface area is 174 Å². The highest BCUT2D eigenvalue weighted by Crippen LogP contribution is 2.24. The smallest absolute Gasteiger partial charge is 0.261 e. The summed E-state index contributed by atoms with van der Waals surface area (Å²) in [4.78, 5) is 29.9. The van der Waals surface area contributed by atoms with Gasteiger partial charge in [-0.15, -0.1) is 11.3 Å². The molecule has 0 bridgehead atoms. The number of benzene rings is 1. The molecular formula is C22H17F2N3O2S. The van der Waals surface area contributed by atoms with Gasteiger partial charge in [0.25, 0.3) is 5.91 Å². The lowest BCUT2D eigenvalue weighted by atomic mass is 10.1. The molecule has 0 aliphatic rings. The van der Waals surface area contributed by atoms with Crippen LogP contribution < -0.4 is 10.7 Å². The Kier molecular flexibility index (Phi) is 5.41. The topological polar surface area (TPSA) is 64.0 Å². The van der Waals surface area contributed by atoms with E-state index in [0.29, 0.717) is 32.8 Å². The number of pyridine rings is 2. The molecule has 0 aliphatic heterocycles. The number of nitrogens with zero attached hydrogens (tertiary/aromatic N) is 2. The molecule has 8 heteroatoms. The van der Waals surface area contributed by atoms with E-state index in [0.717, 1.165) is 29.0 Å². The summed E-state index contributed by atoms with van der Waals surface area (Å²) in [5.74, 6) is -2.15. The lowest BCUT2D eigenvalue weighted by Crippen LogP contribution is -2.21. The highest BCUT2D eigenvalue weighted by atomic mass is 32.1. The van der Waals surface area contributed by atoms with Gasteiger partial charge in [-0.05, 0) is 41.5 Å². The van der Waals surface area contributed by atoms with Gasteiger partial charge < -0.3 is 9.88 Å². The average molecular weight is 425 g/mol. The number of carbonyl (C=O) groups excluding carboxylic acids is 1. The zero-order valence-electron chi connectivity index (χ0n) is 16.0. The first-order valence-corrected chi connectivity index (χ1v) is 9.97. The maximum atomic E-state index is 13.5. The molecule has 0 fully saturated rings. The van der Waals surface area contributed by atoms with E-state index in [1.54, 1.807) is 36.3 Å². The molecule has 1 N–H and O–H groups in total. The molecule has 1 amide bonds. The molecule has 0 atom stereocenters. The molecule has 1 aromatic carbocycles. The van der Waals surface area contributed by atoms with Gasteiger partial charge in [0, 0.05) is 44.2 Å². The van der Waals surface area contributed by atoms with Crippen LogP contribution in [0.15, 0.2) is 59.8 Å². The number of fused-ring (bicyclic) bond motifs is 1. The van der Waals surface area contributed by atoms with Crippen molar-refractivity contribution in [2.45, 2.75) is 13.0 Å². The fraction of sp³-hybridized carbons (Fsp3) is 0.136. The molecule has 152 valence electrons. The van der Waals surface area contributed by atoms with Crippen LogP contribution in [0.3, 0.4) is 0 Å².